The van der Waals surface area contributed by atoms with Crippen molar-refractivity contribution < 1.29 is 13.2 Å². The molecule has 0 spiro atoms. The van der Waals surface area contributed by atoms with Crippen molar-refractivity contribution in [1.82, 2.24) is 0 Å². The predicted octanol–water partition coefficient (Wildman–Crippen LogP) is 2.10. The molecule has 2 rings (SSSR count). The number of benzene rings is 1. The van der Waals surface area contributed by atoms with Gasteiger partial charge in [0.05, 0.1) is 4.90 Å². The summed E-state index contributed by atoms with van der Waals surface area (Å²) in [7, 11) is -3.64. The quantitative estimate of drug-likeness (QED) is 0.920. The van der Waals surface area contributed by atoms with Gasteiger partial charge in [-0.25, -0.2) is 13.6 Å². The van der Waals surface area contributed by atoms with Gasteiger partial charge in [-0.1, -0.05) is 26.0 Å². The van der Waals surface area contributed by atoms with Crippen molar-refractivity contribution in [2.24, 2.45) is 15.5 Å². The Hall–Kier alpha value is -1.53. The van der Waals surface area contributed by atoms with E-state index in [1.165, 1.54) is 12.1 Å². The number of carbonyl (C=O) groups excluding carboxylic acids is 1. The lowest BCUT2D eigenvalue weighted by molar-refractivity contribution is -0.120. The van der Waals surface area contributed by atoms with Crippen molar-refractivity contribution in [1.29, 1.82) is 0 Å². The number of carbonyl (C=O) groups is 1. The van der Waals surface area contributed by atoms with Crippen LogP contribution in [0.1, 0.15) is 38.7 Å². The van der Waals surface area contributed by atoms with Crippen molar-refractivity contribution in [2.75, 3.05) is 6.54 Å². The third-order valence-electron chi connectivity index (χ3n) is 3.75. The van der Waals surface area contributed by atoms with Gasteiger partial charge >= 0.3 is 0 Å². The van der Waals surface area contributed by atoms with Crippen LogP contribution in [0.2, 0.25) is 0 Å². The Kier molecular flexibility index (Phi) is 4.82. The number of primary sulfonamides is 1. The minimum Gasteiger partial charge on any atom is -0.299 e. The molecular formula is C16H22N2O3S. The van der Waals surface area contributed by atoms with E-state index >= 15 is 0 Å². The lowest BCUT2D eigenvalue weighted by atomic mass is 9.76. The molecule has 1 aromatic rings. The van der Waals surface area contributed by atoms with Crippen molar-refractivity contribution >= 4 is 21.5 Å². The van der Waals surface area contributed by atoms with Crippen molar-refractivity contribution in [3.05, 3.63) is 29.8 Å². The summed E-state index contributed by atoms with van der Waals surface area (Å²) in [6, 6.07) is 6.50. The van der Waals surface area contributed by atoms with Crippen molar-refractivity contribution in [2.45, 2.75) is 44.4 Å². The molecule has 0 heterocycles. The Bertz CT molecular complexity index is 689. The molecule has 2 N–H and O–H groups in total. The third kappa shape index (κ3) is 4.74. The molecule has 120 valence electrons. The number of hydrogen-bond donors (Lipinski definition) is 1. The summed E-state index contributed by atoms with van der Waals surface area (Å²) in [5.41, 5.74) is 1.98. The van der Waals surface area contributed by atoms with E-state index in [4.69, 9.17) is 5.14 Å². The standard InChI is InChI=1S/C16H22N2O3S/c1-16(2)10-13(9-14(19)11-16)18-8-7-12-3-5-15(6-4-12)22(17,20)21/h3-6H,7-11H2,1-2H3,(H2,17,20,21). The SMILES string of the molecule is CC1(C)CC(=O)CC(=NCCc2ccc(S(N)(=O)=O)cc2)C1. The van der Waals surface area contributed by atoms with E-state index in [-0.39, 0.29) is 16.1 Å². The van der Waals surface area contributed by atoms with Crippen molar-refractivity contribution in [3.63, 3.8) is 0 Å². The summed E-state index contributed by atoms with van der Waals surface area (Å²) in [5.74, 6) is 0.257. The van der Waals surface area contributed by atoms with Gasteiger partial charge in [-0.15, -0.1) is 0 Å². The molecule has 1 aliphatic carbocycles. The molecule has 5 nitrogen and oxygen atoms in total. The van der Waals surface area contributed by atoms with Crippen LogP contribution >= 0.6 is 0 Å². The zero-order valence-corrected chi connectivity index (χ0v) is 13.8. The fourth-order valence-electron chi connectivity index (χ4n) is 2.80. The van der Waals surface area contributed by atoms with Gasteiger partial charge in [0.25, 0.3) is 0 Å². The second-order valence-electron chi connectivity index (χ2n) is 6.62. The maximum Gasteiger partial charge on any atom is 0.238 e. The zero-order valence-electron chi connectivity index (χ0n) is 13.0. The minimum absolute atomic E-state index is 0.00526. The largest absolute Gasteiger partial charge is 0.299 e. The number of aliphatic imine (C=N–C) groups is 1. The molecule has 0 atom stereocenters. The highest BCUT2D eigenvalue weighted by molar-refractivity contribution is 7.89. The Morgan fingerprint density at radius 3 is 2.36 bits per heavy atom. The average Bonchev–Trinajstić information content (AvgIpc) is 2.36. The summed E-state index contributed by atoms with van der Waals surface area (Å²) < 4.78 is 22.4. The molecule has 0 amide bonds. The van der Waals surface area contributed by atoms with Gasteiger partial charge in [0, 0.05) is 25.1 Å². The van der Waals surface area contributed by atoms with Crippen LogP contribution in [-0.2, 0) is 21.2 Å². The Labute approximate surface area is 131 Å². The first-order valence-corrected chi connectivity index (χ1v) is 8.86. The van der Waals surface area contributed by atoms with Gasteiger partial charge in [-0.2, -0.15) is 0 Å². The number of rotatable bonds is 4. The van der Waals surface area contributed by atoms with Gasteiger partial charge in [0.1, 0.15) is 5.78 Å². The van der Waals surface area contributed by atoms with Crippen LogP contribution in [0.25, 0.3) is 0 Å². The monoisotopic (exact) mass is 322 g/mol. The van der Waals surface area contributed by atoms with E-state index in [2.05, 4.69) is 18.8 Å². The van der Waals surface area contributed by atoms with E-state index in [0.717, 1.165) is 17.7 Å². The molecule has 0 aromatic heterocycles. The van der Waals surface area contributed by atoms with Gasteiger partial charge in [0.2, 0.25) is 10.0 Å². The van der Waals surface area contributed by atoms with Crippen LogP contribution in [0.4, 0.5) is 0 Å². The number of Topliss-reactive ketones (excluding diaryl/α,β-unsaturated/α-hetero) is 1. The summed E-state index contributed by atoms with van der Waals surface area (Å²) in [5, 5.41) is 5.06. The highest BCUT2D eigenvalue weighted by atomic mass is 32.2. The molecule has 22 heavy (non-hydrogen) atoms. The number of nitrogens with zero attached hydrogens (tertiary/aromatic N) is 1. The lowest BCUT2D eigenvalue weighted by Gasteiger charge is -2.29. The summed E-state index contributed by atoms with van der Waals surface area (Å²) in [4.78, 5) is 16.4. The van der Waals surface area contributed by atoms with E-state index in [1.807, 2.05) is 0 Å². The van der Waals surface area contributed by atoms with Crippen molar-refractivity contribution in [3.8, 4) is 0 Å². The number of hydrogen-bond acceptors (Lipinski definition) is 4. The van der Waals surface area contributed by atoms with Crippen LogP contribution in [0.3, 0.4) is 0 Å². The Morgan fingerprint density at radius 1 is 1.18 bits per heavy atom. The maximum atomic E-state index is 11.7. The van der Waals surface area contributed by atoms with Gasteiger partial charge in [0.15, 0.2) is 0 Å². The molecular weight excluding hydrogens is 300 g/mol. The number of nitrogens with two attached hydrogens (primary N) is 1. The second-order valence-corrected chi connectivity index (χ2v) is 8.18. The van der Waals surface area contributed by atoms with Crippen LogP contribution in [0.15, 0.2) is 34.2 Å². The third-order valence-corrected chi connectivity index (χ3v) is 4.68. The fourth-order valence-corrected chi connectivity index (χ4v) is 3.32. The molecule has 0 aliphatic heterocycles. The number of ketones is 1. The molecule has 0 unspecified atom stereocenters. The first-order chi connectivity index (χ1) is 10.2. The molecule has 0 saturated heterocycles. The Morgan fingerprint density at radius 2 is 1.82 bits per heavy atom. The maximum absolute atomic E-state index is 11.7. The van der Waals surface area contributed by atoms with Gasteiger partial charge < -0.3 is 0 Å². The summed E-state index contributed by atoms with van der Waals surface area (Å²) in [6.45, 7) is 4.78. The molecule has 0 bridgehead atoms. The second kappa shape index (κ2) is 6.30. The smallest absolute Gasteiger partial charge is 0.238 e. The summed E-state index contributed by atoms with van der Waals surface area (Å²) >= 11 is 0. The van der Waals surface area contributed by atoms with Crippen LogP contribution in [-0.4, -0.2) is 26.5 Å². The topological polar surface area (TPSA) is 89.6 Å². The molecule has 0 radical (unpaired) electrons. The molecule has 6 heteroatoms. The predicted molar refractivity (Wildman–Crippen MR) is 86.5 cm³/mol. The van der Waals surface area contributed by atoms with E-state index in [9.17, 15) is 13.2 Å². The lowest BCUT2D eigenvalue weighted by Crippen LogP contribution is -2.29. The molecule has 1 saturated carbocycles. The highest BCUT2D eigenvalue weighted by Gasteiger charge is 2.29. The zero-order chi connectivity index (χ0) is 16.4. The fraction of sp³-hybridized carbons (Fsp3) is 0.500. The first kappa shape index (κ1) is 16.8. The van der Waals surface area contributed by atoms with Gasteiger partial charge in [-0.3, -0.25) is 9.79 Å². The van der Waals surface area contributed by atoms with Crippen LogP contribution < -0.4 is 5.14 Å². The van der Waals surface area contributed by atoms with Crippen LogP contribution in [0, 0.1) is 5.41 Å². The highest BCUT2D eigenvalue weighted by Crippen LogP contribution is 2.31. The van der Waals surface area contributed by atoms with E-state index < -0.39 is 10.0 Å². The molecule has 1 aliphatic rings. The minimum atomic E-state index is -3.64. The van der Waals surface area contributed by atoms with E-state index in [0.29, 0.717) is 25.8 Å². The summed E-state index contributed by atoms with van der Waals surface area (Å²) in [6.07, 6.45) is 2.67. The average molecular weight is 322 g/mol. The van der Waals surface area contributed by atoms with Gasteiger partial charge in [-0.05, 0) is 36.0 Å². The first-order valence-electron chi connectivity index (χ1n) is 7.31. The Balaban J connectivity index is 1.96. The molecule has 1 aromatic carbocycles. The van der Waals surface area contributed by atoms with Crippen LogP contribution in [0.5, 0.6) is 0 Å². The number of sulfonamides is 1. The normalized spacial score (nSPS) is 20.3. The van der Waals surface area contributed by atoms with E-state index in [1.54, 1.807) is 12.1 Å². The molecule has 1 fully saturated rings.